The Morgan fingerprint density at radius 3 is 2.85 bits per heavy atom. The van der Waals surface area contributed by atoms with Crippen molar-refractivity contribution in [2.75, 3.05) is 5.32 Å². The summed E-state index contributed by atoms with van der Waals surface area (Å²) in [6, 6.07) is 6.01. The zero-order valence-electron chi connectivity index (χ0n) is 11.7. The Kier molecular flexibility index (Phi) is 3.31. The van der Waals surface area contributed by atoms with E-state index in [-0.39, 0.29) is 20.1 Å². The van der Waals surface area contributed by atoms with E-state index in [9.17, 15) is 0 Å². The zero-order chi connectivity index (χ0) is 14.2. The summed E-state index contributed by atoms with van der Waals surface area (Å²) in [5.74, 6) is 0. The van der Waals surface area contributed by atoms with E-state index in [1.165, 1.54) is 0 Å². The van der Waals surface area contributed by atoms with Crippen LogP contribution >= 0.6 is 0 Å². The number of fused-ring (bicyclic) bond motifs is 1. The summed E-state index contributed by atoms with van der Waals surface area (Å²) in [5.41, 5.74) is 3.83. The van der Waals surface area contributed by atoms with Gasteiger partial charge in [0.25, 0.3) is 0 Å². The summed E-state index contributed by atoms with van der Waals surface area (Å²) in [4.78, 5) is 0. The van der Waals surface area contributed by atoms with E-state index >= 15 is 0 Å². The van der Waals surface area contributed by atoms with Gasteiger partial charge in [-0.1, -0.05) is 0 Å². The van der Waals surface area contributed by atoms with Gasteiger partial charge < -0.3 is 0 Å². The Morgan fingerprint density at radius 2 is 2.10 bits per heavy atom. The molecular formula is C13H16N6Se. The normalized spacial score (nSPS) is 13.2. The molecule has 1 N–H and O–H groups in total. The van der Waals surface area contributed by atoms with Crippen LogP contribution in [0.2, 0.25) is 0 Å². The minimum atomic E-state index is -0.0457. The van der Waals surface area contributed by atoms with Crippen molar-refractivity contribution < 1.29 is 0 Å². The van der Waals surface area contributed by atoms with Gasteiger partial charge >= 0.3 is 123 Å². The average molecular weight is 335 g/mol. The number of rotatable bonds is 3. The molecule has 1 aliphatic heterocycles. The van der Waals surface area contributed by atoms with E-state index in [0.717, 1.165) is 22.8 Å². The van der Waals surface area contributed by atoms with E-state index in [1.54, 1.807) is 0 Å². The first-order valence-electron chi connectivity index (χ1n) is 6.41. The number of hydrogen-bond donors (Lipinski definition) is 1. The molecule has 0 aliphatic carbocycles. The van der Waals surface area contributed by atoms with E-state index in [2.05, 4.69) is 44.3 Å². The summed E-state index contributed by atoms with van der Waals surface area (Å²) in [6.45, 7) is 6.94. The van der Waals surface area contributed by atoms with Crippen LogP contribution in [0.5, 0.6) is 0 Å². The van der Waals surface area contributed by atoms with E-state index in [1.807, 2.05) is 29.1 Å². The molecule has 6 nitrogen and oxygen atoms in total. The van der Waals surface area contributed by atoms with Crippen LogP contribution in [0.1, 0.15) is 26.5 Å². The summed E-state index contributed by atoms with van der Waals surface area (Å²) in [6.07, 6.45) is 1.97. The van der Waals surface area contributed by atoms with Crippen LogP contribution in [0.3, 0.4) is 0 Å². The van der Waals surface area contributed by atoms with Gasteiger partial charge in [0.1, 0.15) is 0 Å². The molecular weight excluding hydrogens is 319 g/mol. The maximum absolute atomic E-state index is 4.45. The summed E-state index contributed by atoms with van der Waals surface area (Å²) < 4.78 is 10.7. The number of nitrogens with zero attached hydrogens (tertiary/aromatic N) is 5. The molecule has 2 heterocycles. The topological polar surface area (TPSA) is 67.5 Å². The van der Waals surface area contributed by atoms with Gasteiger partial charge in [-0.2, -0.15) is 0 Å². The van der Waals surface area contributed by atoms with Crippen molar-refractivity contribution in [3.63, 3.8) is 0 Å². The molecule has 0 bridgehead atoms. The fourth-order valence-electron chi connectivity index (χ4n) is 1.84. The van der Waals surface area contributed by atoms with Gasteiger partial charge in [0.2, 0.25) is 0 Å². The molecule has 0 unspecified atom stereocenters. The Hall–Kier alpha value is -1.72. The van der Waals surface area contributed by atoms with E-state index < -0.39 is 0 Å². The molecule has 0 amide bonds. The fraction of sp³-hybridized carbons (Fsp3) is 0.385. The predicted octanol–water partition coefficient (Wildman–Crippen LogP) is 2.99. The third-order valence-electron chi connectivity index (χ3n) is 2.97. The van der Waals surface area contributed by atoms with Crippen LogP contribution in [0.15, 0.2) is 32.3 Å². The van der Waals surface area contributed by atoms with Crippen molar-refractivity contribution in [1.29, 1.82) is 0 Å². The second-order valence-electron chi connectivity index (χ2n) is 5.62. The molecule has 0 atom stereocenters. The zero-order valence-corrected chi connectivity index (χ0v) is 13.4. The molecule has 1 aliphatic rings. The van der Waals surface area contributed by atoms with Crippen LogP contribution in [-0.4, -0.2) is 29.6 Å². The Balaban J connectivity index is 1.73. The van der Waals surface area contributed by atoms with Gasteiger partial charge in [0.05, 0.1) is 0 Å². The standard InChI is InChI=1S/C13H16N6Se/c1-13(2,3)19-8-9(15-18-19)7-14-10-5-4-6-11-12(10)17-20-16-11/h4-6,8,14H,7H2,1-3H3. The summed E-state index contributed by atoms with van der Waals surface area (Å²) >= 11 is -0.00448. The average Bonchev–Trinajstić information content (AvgIpc) is 3.04. The molecule has 0 spiro atoms. The maximum atomic E-state index is 4.45. The second kappa shape index (κ2) is 4.99. The summed E-state index contributed by atoms with van der Waals surface area (Å²) in [5, 5.41) is 11.7. The number of benzene rings is 1. The Labute approximate surface area is 123 Å². The number of aromatic nitrogens is 3. The van der Waals surface area contributed by atoms with Crippen molar-refractivity contribution in [3.05, 3.63) is 30.1 Å². The molecule has 0 saturated carbocycles. The van der Waals surface area contributed by atoms with Gasteiger partial charge in [-0.15, -0.1) is 0 Å². The van der Waals surface area contributed by atoms with Crippen LogP contribution < -0.4 is 5.32 Å². The molecule has 3 rings (SSSR count). The van der Waals surface area contributed by atoms with Crippen molar-refractivity contribution in [3.8, 4) is 0 Å². The minimum absolute atomic E-state index is 0.00448. The van der Waals surface area contributed by atoms with Gasteiger partial charge in [-0.3, -0.25) is 0 Å². The van der Waals surface area contributed by atoms with Crippen molar-refractivity contribution in [1.82, 2.24) is 15.0 Å². The molecule has 104 valence electrons. The monoisotopic (exact) mass is 336 g/mol. The van der Waals surface area contributed by atoms with Gasteiger partial charge in [0.15, 0.2) is 0 Å². The molecule has 2 aromatic rings. The van der Waals surface area contributed by atoms with Crippen molar-refractivity contribution in [2.24, 2.45) is 7.92 Å². The number of anilines is 1. The van der Waals surface area contributed by atoms with Crippen LogP contribution in [0.25, 0.3) is 0 Å². The van der Waals surface area contributed by atoms with Crippen molar-refractivity contribution in [2.45, 2.75) is 32.9 Å². The quantitative estimate of drug-likeness (QED) is 0.748. The number of hydrogen-bond acceptors (Lipinski definition) is 5. The first-order valence-corrected chi connectivity index (χ1v) is 7.94. The third kappa shape index (κ3) is 2.59. The molecule has 0 saturated heterocycles. The van der Waals surface area contributed by atoms with Gasteiger partial charge in [-0.25, -0.2) is 0 Å². The molecule has 1 aromatic carbocycles. The number of nitrogens with one attached hydrogen (secondary N) is 1. The third-order valence-corrected chi connectivity index (χ3v) is 4.11. The SMILES string of the molecule is CC(C)(C)n1cc(CNc2cccc3c2N=[Se]=N3)nn1. The summed E-state index contributed by atoms with van der Waals surface area (Å²) in [7, 11) is 0. The Bertz CT molecular complexity index is 706. The van der Waals surface area contributed by atoms with Crippen LogP contribution in [0.4, 0.5) is 17.1 Å². The predicted molar refractivity (Wildman–Crippen MR) is 78.7 cm³/mol. The second-order valence-corrected chi connectivity index (χ2v) is 6.73. The molecule has 0 radical (unpaired) electrons. The van der Waals surface area contributed by atoms with E-state index in [0.29, 0.717) is 6.54 Å². The fourth-order valence-corrected chi connectivity index (χ4v) is 3.00. The first kappa shape index (κ1) is 13.3. The molecule has 20 heavy (non-hydrogen) atoms. The van der Waals surface area contributed by atoms with Crippen LogP contribution in [0, 0.1) is 0 Å². The van der Waals surface area contributed by atoms with Crippen LogP contribution in [-0.2, 0) is 12.1 Å². The molecule has 1 aromatic heterocycles. The van der Waals surface area contributed by atoms with Gasteiger partial charge in [-0.05, 0) is 0 Å². The van der Waals surface area contributed by atoms with E-state index in [4.69, 9.17) is 0 Å². The van der Waals surface area contributed by atoms with Crippen molar-refractivity contribution >= 4 is 31.6 Å². The molecule has 7 heteroatoms. The Morgan fingerprint density at radius 1 is 1.25 bits per heavy atom. The first-order chi connectivity index (χ1) is 9.54. The van der Waals surface area contributed by atoms with Gasteiger partial charge in [0, 0.05) is 0 Å². The molecule has 0 fully saturated rings.